The van der Waals surface area contributed by atoms with Crippen LogP contribution in [0.3, 0.4) is 0 Å². The van der Waals surface area contributed by atoms with E-state index in [1.807, 2.05) is 6.92 Å². The molecule has 0 saturated heterocycles. The highest BCUT2D eigenvalue weighted by molar-refractivity contribution is 5.75. The van der Waals surface area contributed by atoms with Gasteiger partial charge in [0.15, 0.2) is 0 Å². The Bertz CT molecular complexity index is 194. The highest BCUT2D eigenvalue weighted by Crippen LogP contribution is 1.90. The number of hydrogen-bond acceptors (Lipinski definition) is 2. The van der Waals surface area contributed by atoms with Gasteiger partial charge in [-0.25, -0.2) is 0 Å². The first-order chi connectivity index (χ1) is 6.07. The van der Waals surface area contributed by atoms with Gasteiger partial charge in [-0.3, -0.25) is 4.79 Å². The Morgan fingerprint density at radius 2 is 2.23 bits per heavy atom. The lowest BCUT2D eigenvalue weighted by molar-refractivity contribution is -0.128. The van der Waals surface area contributed by atoms with Gasteiger partial charge >= 0.3 is 0 Å². The van der Waals surface area contributed by atoms with Crippen LogP contribution in [-0.2, 0) is 4.79 Å². The summed E-state index contributed by atoms with van der Waals surface area (Å²) in [6.45, 7) is 2.71. The molecule has 0 heterocycles. The summed E-state index contributed by atoms with van der Waals surface area (Å²) in [6.07, 6.45) is 6.38. The molecule has 74 valence electrons. The number of rotatable bonds is 5. The summed E-state index contributed by atoms with van der Waals surface area (Å²) < 4.78 is 0. The Morgan fingerprint density at radius 3 is 2.69 bits per heavy atom. The summed E-state index contributed by atoms with van der Waals surface area (Å²) in [5.41, 5.74) is 0. The third kappa shape index (κ3) is 6.18. The molecule has 0 aliphatic rings. The lowest BCUT2D eigenvalue weighted by Gasteiger charge is -2.13. The van der Waals surface area contributed by atoms with Crippen molar-refractivity contribution in [2.24, 2.45) is 0 Å². The average Bonchev–Trinajstić information content (AvgIpc) is 2.04. The molecule has 0 rings (SSSR count). The first kappa shape index (κ1) is 12.0. The van der Waals surface area contributed by atoms with Crippen molar-refractivity contribution in [2.45, 2.75) is 25.8 Å². The van der Waals surface area contributed by atoms with Crippen LogP contribution in [0, 0.1) is 12.3 Å². The minimum atomic E-state index is 0.139. The van der Waals surface area contributed by atoms with Crippen LogP contribution in [0.4, 0.5) is 0 Å². The molecule has 1 atom stereocenters. The van der Waals surface area contributed by atoms with Crippen molar-refractivity contribution in [1.29, 1.82) is 0 Å². The van der Waals surface area contributed by atoms with Crippen LogP contribution in [0.2, 0.25) is 0 Å². The molecule has 0 aromatic heterocycles. The smallest absolute Gasteiger partial charge is 0.223 e. The van der Waals surface area contributed by atoms with Gasteiger partial charge in [-0.2, -0.15) is 0 Å². The second-order valence-corrected chi connectivity index (χ2v) is 3.30. The van der Waals surface area contributed by atoms with Crippen LogP contribution < -0.4 is 5.32 Å². The molecule has 0 fully saturated rings. The van der Waals surface area contributed by atoms with E-state index in [-0.39, 0.29) is 5.91 Å². The highest BCUT2D eigenvalue weighted by atomic mass is 16.2. The quantitative estimate of drug-likeness (QED) is 0.627. The van der Waals surface area contributed by atoms with Gasteiger partial charge in [-0.15, -0.1) is 12.3 Å². The standard InChI is InChI=1S/C10H18N2O/c1-5-6-9(2)11-8-7-10(13)12(3)4/h1,9,11H,6-8H2,2-4H3. The Morgan fingerprint density at radius 1 is 1.62 bits per heavy atom. The molecule has 0 aromatic carbocycles. The first-order valence-electron chi connectivity index (χ1n) is 4.45. The van der Waals surface area contributed by atoms with Crippen molar-refractivity contribution < 1.29 is 4.79 Å². The molecule has 1 amide bonds. The zero-order valence-electron chi connectivity index (χ0n) is 8.63. The fourth-order valence-corrected chi connectivity index (χ4v) is 0.898. The summed E-state index contributed by atoms with van der Waals surface area (Å²) in [6, 6.07) is 0.292. The first-order valence-corrected chi connectivity index (χ1v) is 4.45. The maximum absolute atomic E-state index is 11.1. The van der Waals surface area contributed by atoms with Gasteiger partial charge in [0.2, 0.25) is 5.91 Å². The van der Waals surface area contributed by atoms with E-state index in [0.29, 0.717) is 25.4 Å². The van der Waals surface area contributed by atoms with Crippen LogP contribution >= 0.6 is 0 Å². The Kier molecular flexibility index (Phi) is 5.99. The van der Waals surface area contributed by atoms with Crippen molar-refractivity contribution >= 4 is 5.91 Å². The fourth-order valence-electron chi connectivity index (χ4n) is 0.898. The number of hydrogen-bond donors (Lipinski definition) is 1. The monoisotopic (exact) mass is 182 g/mol. The van der Waals surface area contributed by atoms with Crippen LogP contribution in [-0.4, -0.2) is 37.5 Å². The van der Waals surface area contributed by atoms with Crippen LogP contribution in [0.25, 0.3) is 0 Å². The highest BCUT2D eigenvalue weighted by Gasteiger charge is 2.04. The van der Waals surface area contributed by atoms with Gasteiger partial charge in [-0.05, 0) is 6.92 Å². The normalized spacial score (nSPS) is 11.8. The van der Waals surface area contributed by atoms with Crippen LogP contribution in [0.15, 0.2) is 0 Å². The van der Waals surface area contributed by atoms with E-state index in [0.717, 1.165) is 0 Å². The van der Waals surface area contributed by atoms with Crippen molar-refractivity contribution in [1.82, 2.24) is 10.2 Å². The maximum atomic E-state index is 11.1. The average molecular weight is 182 g/mol. The van der Waals surface area contributed by atoms with E-state index >= 15 is 0 Å². The summed E-state index contributed by atoms with van der Waals surface area (Å²) in [5.74, 6) is 2.71. The van der Waals surface area contributed by atoms with Crippen LogP contribution in [0.5, 0.6) is 0 Å². The molecule has 0 aliphatic heterocycles. The van der Waals surface area contributed by atoms with Gasteiger partial charge in [0.05, 0.1) is 0 Å². The molecule has 3 nitrogen and oxygen atoms in total. The summed E-state index contributed by atoms with van der Waals surface area (Å²) in [4.78, 5) is 12.7. The van der Waals surface area contributed by atoms with Crippen molar-refractivity contribution in [3.05, 3.63) is 0 Å². The van der Waals surface area contributed by atoms with Gasteiger partial charge in [0.25, 0.3) is 0 Å². The SMILES string of the molecule is C#CCC(C)NCCC(=O)N(C)C. The van der Waals surface area contributed by atoms with E-state index < -0.39 is 0 Å². The molecule has 0 aromatic rings. The van der Waals surface area contributed by atoms with Gasteiger partial charge in [0.1, 0.15) is 0 Å². The Labute approximate surface area is 80.5 Å². The molecule has 0 spiro atoms. The van der Waals surface area contributed by atoms with Gasteiger partial charge < -0.3 is 10.2 Å². The minimum Gasteiger partial charge on any atom is -0.349 e. The van der Waals surface area contributed by atoms with Crippen molar-refractivity contribution in [2.75, 3.05) is 20.6 Å². The summed E-state index contributed by atoms with van der Waals surface area (Å²) >= 11 is 0. The summed E-state index contributed by atoms with van der Waals surface area (Å²) in [5, 5.41) is 3.18. The molecule has 1 unspecified atom stereocenters. The Hall–Kier alpha value is -1.01. The second kappa shape index (κ2) is 6.50. The predicted octanol–water partition coefficient (Wildman–Crippen LogP) is 0.466. The van der Waals surface area contributed by atoms with E-state index in [2.05, 4.69) is 11.2 Å². The minimum absolute atomic E-state index is 0.139. The number of nitrogens with zero attached hydrogens (tertiary/aromatic N) is 1. The zero-order valence-corrected chi connectivity index (χ0v) is 8.63. The number of nitrogens with one attached hydrogen (secondary N) is 1. The largest absolute Gasteiger partial charge is 0.349 e. The van der Waals surface area contributed by atoms with Gasteiger partial charge in [-0.1, -0.05) is 0 Å². The lowest BCUT2D eigenvalue weighted by atomic mass is 10.2. The topological polar surface area (TPSA) is 32.3 Å². The molecular weight excluding hydrogens is 164 g/mol. The number of carbonyl (C=O) groups is 1. The third-order valence-electron chi connectivity index (χ3n) is 1.75. The van der Waals surface area contributed by atoms with Crippen LogP contribution in [0.1, 0.15) is 19.8 Å². The molecule has 13 heavy (non-hydrogen) atoms. The van der Waals surface area contributed by atoms with E-state index in [1.54, 1.807) is 19.0 Å². The zero-order chi connectivity index (χ0) is 10.3. The van der Waals surface area contributed by atoms with E-state index in [4.69, 9.17) is 6.42 Å². The van der Waals surface area contributed by atoms with E-state index in [9.17, 15) is 4.79 Å². The third-order valence-corrected chi connectivity index (χ3v) is 1.75. The maximum Gasteiger partial charge on any atom is 0.223 e. The molecule has 0 bridgehead atoms. The Balaban J connectivity index is 3.46. The molecule has 1 N–H and O–H groups in total. The number of terminal acetylenes is 1. The molecule has 0 saturated carbocycles. The number of carbonyl (C=O) groups excluding carboxylic acids is 1. The molecule has 3 heteroatoms. The molecular formula is C10H18N2O. The molecule has 0 radical (unpaired) electrons. The fraction of sp³-hybridized carbons (Fsp3) is 0.700. The second-order valence-electron chi connectivity index (χ2n) is 3.30. The lowest BCUT2D eigenvalue weighted by Crippen LogP contribution is -2.31. The number of amides is 1. The van der Waals surface area contributed by atoms with Gasteiger partial charge in [0, 0.05) is 39.5 Å². The molecule has 0 aliphatic carbocycles. The van der Waals surface area contributed by atoms with Crippen molar-refractivity contribution in [3.8, 4) is 12.3 Å². The van der Waals surface area contributed by atoms with E-state index in [1.165, 1.54) is 0 Å². The predicted molar refractivity (Wildman–Crippen MR) is 54.2 cm³/mol. The summed E-state index contributed by atoms with van der Waals surface area (Å²) in [7, 11) is 3.51. The van der Waals surface area contributed by atoms with Crippen molar-refractivity contribution in [3.63, 3.8) is 0 Å².